The molecule has 1 aromatic rings. The lowest BCUT2D eigenvalue weighted by atomic mass is 9.90. The number of nitrogens with one attached hydrogen (secondary N) is 1. The molecular weight excluding hydrogens is 232 g/mol. The summed E-state index contributed by atoms with van der Waals surface area (Å²) in [6.07, 6.45) is 4.47. The van der Waals surface area contributed by atoms with Crippen molar-refractivity contribution in [2.24, 2.45) is 35.4 Å². The van der Waals surface area contributed by atoms with Gasteiger partial charge in [-0.1, -0.05) is 23.8 Å². The van der Waals surface area contributed by atoms with E-state index in [2.05, 4.69) is 37.5 Å². The molecule has 4 rings (SSSR count). The first-order valence-corrected chi connectivity index (χ1v) is 7.74. The van der Waals surface area contributed by atoms with E-state index in [1.165, 1.54) is 36.0 Å². The Balaban J connectivity index is 1.63. The van der Waals surface area contributed by atoms with Crippen LogP contribution in [0.4, 0.5) is 0 Å². The molecule has 2 heteroatoms. The van der Waals surface area contributed by atoms with E-state index < -0.39 is 0 Å². The number of nitrogens with two attached hydrogens (primary N) is 1. The van der Waals surface area contributed by atoms with Gasteiger partial charge in [0.2, 0.25) is 0 Å². The topological polar surface area (TPSA) is 38.0 Å². The van der Waals surface area contributed by atoms with E-state index >= 15 is 0 Å². The predicted molar refractivity (Wildman–Crippen MR) is 77.3 cm³/mol. The molecule has 0 spiro atoms. The first kappa shape index (κ1) is 11.9. The van der Waals surface area contributed by atoms with Gasteiger partial charge in [-0.2, -0.15) is 0 Å². The largest absolute Gasteiger partial charge is 0.271 e. The van der Waals surface area contributed by atoms with Crippen molar-refractivity contribution in [1.82, 2.24) is 5.43 Å². The van der Waals surface area contributed by atoms with E-state index in [0.717, 1.165) is 29.6 Å². The molecule has 3 fully saturated rings. The van der Waals surface area contributed by atoms with Crippen molar-refractivity contribution in [3.63, 3.8) is 0 Å². The van der Waals surface area contributed by atoms with Crippen LogP contribution in [0.25, 0.3) is 0 Å². The lowest BCUT2D eigenvalue weighted by molar-refractivity contribution is 0.373. The fourth-order valence-electron chi connectivity index (χ4n) is 5.42. The van der Waals surface area contributed by atoms with Crippen molar-refractivity contribution >= 4 is 0 Å². The normalized spacial score (nSPS) is 40.3. The lowest BCUT2D eigenvalue weighted by Gasteiger charge is -2.22. The minimum absolute atomic E-state index is 0.374. The summed E-state index contributed by atoms with van der Waals surface area (Å²) in [5.74, 6) is 10.7. The molecule has 0 amide bonds. The fourth-order valence-corrected chi connectivity index (χ4v) is 5.42. The van der Waals surface area contributed by atoms with Gasteiger partial charge in [0.05, 0.1) is 0 Å². The monoisotopic (exact) mass is 256 g/mol. The van der Waals surface area contributed by atoms with Gasteiger partial charge in [0.25, 0.3) is 0 Å². The maximum Gasteiger partial charge on any atom is 0.0496 e. The summed E-state index contributed by atoms with van der Waals surface area (Å²) in [4.78, 5) is 0. The van der Waals surface area contributed by atoms with Crippen LogP contribution in [0.15, 0.2) is 18.2 Å². The summed E-state index contributed by atoms with van der Waals surface area (Å²) in [5, 5.41) is 0. The van der Waals surface area contributed by atoms with Gasteiger partial charge >= 0.3 is 0 Å². The van der Waals surface area contributed by atoms with E-state index in [9.17, 15) is 0 Å². The highest BCUT2D eigenvalue weighted by atomic mass is 15.2. The maximum atomic E-state index is 5.92. The van der Waals surface area contributed by atoms with Crippen molar-refractivity contribution in [2.75, 3.05) is 0 Å². The molecule has 3 aliphatic carbocycles. The van der Waals surface area contributed by atoms with Crippen molar-refractivity contribution in [1.29, 1.82) is 0 Å². The van der Waals surface area contributed by atoms with Crippen LogP contribution in [0.5, 0.6) is 0 Å². The fraction of sp³-hybridized carbons (Fsp3) is 0.647. The van der Waals surface area contributed by atoms with Gasteiger partial charge in [0.15, 0.2) is 0 Å². The zero-order valence-electron chi connectivity index (χ0n) is 11.9. The van der Waals surface area contributed by atoms with Crippen LogP contribution >= 0.6 is 0 Å². The average molecular weight is 256 g/mol. The van der Waals surface area contributed by atoms with Gasteiger partial charge in [-0.3, -0.25) is 11.3 Å². The van der Waals surface area contributed by atoms with E-state index in [0.29, 0.717) is 6.04 Å². The second kappa shape index (κ2) is 4.07. The first-order chi connectivity index (χ1) is 9.20. The average Bonchev–Trinajstić information content (AvgIpc) is 2.80. The highest BCUT2D eigenvalue weighted by Crippen LogP contribution is 2.72. The Morgan fingerprint density at radius 2 is 1.84 bits per heavy atom. The molecule has 0 aliphatic heterocycles. The number of aryl methyl sites for hydroxylation is 2. The Morgan fingerprint density at radius 3 is 2.42 bits per heavy atom. The molecule has 0 radical (unpaired) electrons. The number of hydrogen-bond donors (Lipinski definition) is 2. The minimum Gasteiger partial charge on any atom is -0.271 e. The molecule has 2 nitrogen and oxygen atoms in total. The third-order valence-corrected chi connectivity index (χ3v) is 6.12. The van der Waals surface area contributed by atoms with Crippen LogP contribution < -0.4 is 11.3 Å². The number of hydrogen-bond acceptors (Lipinski definition) is 2. The SMILES string of the molecule is Cc1ccc(C(NN)C2C3C4CCC(C4)C32)c(C)c1. The second-order valence-corrected chi connectivity index (χ2v) is 7.07. The standard InChI is InChI=1S/C17H24N2/c1-9-3-6-13(10(2)7-9)17(19-18)16-14-11-4-5-12(8-11)15(14)16/h3,6-7,11-12,14-17,19H,4-5,8,18H2,1-2H3. The first-order valence-electron chi connectivity index (χ1n) is 7.74. The number of fused-ring (bicyclic) bond motifs is 5. The lowest BCUT2D eigenvalue weighted by Crippen LogP contribution is -2.31. The summed E-state index contributed by atoms with van der Waals surface area (Å²) in [6.45, 7) is 4.38. The molecule has 0 heterocycles. The van der Waals surface area contributed by atoms with Crippen LogP contribution in [0, 0.1) is 43.4 Å². The number of benzene rings is 1. The molecule has 5 atom stereocenters. The molecular formula is C17H24N2. The van der Waals surface area contributed by atoms with Gasteiger partial charge < -0.3 is 0 Å². The number of rotatable bonds is 3. The maximum absolute atomic E-state index is 5.92. The summed E-state index contributed by atoms with van der Waals surface area (Å²) < 4.78 is 0. The zero-order chi connectivity index (χ0) is 13.1. The highest BCUT2D eigenvalue weighted by molar-refractivity contribution is 5.35. The van der Waals surface area contributed by atoms with E-state index in [-0.39, 0.29) is 0 Å². The molecule has 2 bridgehead atoms. The zero-order valence-corrected chi connectivity index (χ0v) is 11.9. The molecule has 19 heavy (non-hydrogen) atoms. The van der Waals surface area contributed by atoms with E-state index in [1.807, 2.05) is 0 Å². The molecule has 0 saturated heterocycles. The summed E-state index contributed by atoms with van der Waals surface area (Å²) >= 11 is 0. The third kappa shape index (κ3) is 1.63. The van der Waals surface area contributed by atoms with Crippen LogP contribution in [0.1, 0.15) is 42.0 Å². The third-order valence-electron chi connectivity index (χ3n) is 6.12. The molecule has 5 unspecified atom stereocenters. The van der Waals surface area contributed by atoms with Gasteiger partial charge in [-0.05, 0) is 73.8 Å². The van der Waals surface area contributed by atoms with Crippen molar-refractivity contribution < 1.29 is 0 Å². The Morgan fingerprint density at radius 1 is 1.16 bits per heavy atom. The van der Waals surface area contributed by atoms with Gasteiger partial charge in [-0.15, -0.1) is 0 Å². The van der Waals surface area contributed by atoms with Crippen LogP contribution in [0.2, 0.25) is 0 Å². The molecule has 1 aromatic carbocycles. The van der Waals surface area contributed by atoms with Crippen LogP contribution in [-0.2, 0) is 0 Å². The van der Waals surface area contributed by atoms with E-state index in [4.69, 9.17) is 5.84 Å². The Kier molecular flexibility index (Phi) is 2.55. The number of hydrazine groups is 1. The molecule has 0 aromatic heterocycles. The summed E-state index contributed by atoms with van der Waals surface area (Å²) in [7, 11) is 0. The highest BCUT2D eigenvalue weighted by Gasteiger charge is 2.66. The molecule has 3 saturated carbocycles. The molecule has 3 aliphatic rings. The van der Waals surface area contributed by atoms with E-state index in [1.54, 1.807) is 0 Å². The molecule has 102 valence electrons. The predicted octanol–water partition coefficient (Wildman–Crippen LogP) is 3.10. The van der Waals surface area contributed by atoms with Gasteiger partial charge in [0, 0.05) is 6.04 Å². The summed E-state index contributed by atoms with van der Waals surface area (Å²) in [5.41, 5.74) is 7.29. The van der Waals surface area contributed by atoms with Crippen molar-refractivity contribution in [3.05, 3.63) is 34.9 Å². The Bertz CT molecular complexity index is 494. The van der Waals surface area contributed by atoms with Crippen molar-refractivity contribution in [2.45, 2.75) is 39.2 Å². The quantitative estimate of drug-likeness (QED) is 0.644. The summed E-state index contributed by atoms with van der Waals surface area (Å²) in [6, 6.07) is 7.16. The molecule has 3 N–H and O–H groups in total. The van der Waals surface area contributed by atoms with Gasteiger partial charge in [-0.25, -0.2) is 0 Å². The minimum atomic E-state index is 0.374. The second-order valence-electron chi connectivity index (χ2n) is 7.07. The van der Waals surface area contributed by atoms with Crippen LogP contribution in [-0.4, -0.2) is 0 Å². The van der Waals surface area contributed by atoms with Crippen LogP contribution in [0.3, 0.4) is 0 Å². The van der Waals surface area contributed by atoms with Crippen molar-refractivity contribution in [3.8, 4) is 0 Å². The smallest absolute Gasteiger partial charge is 0.0496 e. The van der Waals surface area contributed by atoms with Gasteiger partial charge in [0.1, 0.15) is 0 Å². The Hall–Kier alpha value is -0.860. The Labute approximate surface area is 115 Å².